The van der Waals surface area contributed by atoms with E-state index in [0.717, 1.165) is 44.9 Å². The molecule has 4 aliphatic rings. The minimum absolute atomic E-state index is 0.0290. The van der Waals surface area contributed by atoms with E-state index in [2.05, 4.69) is 20.8 Å². The Hall–Kier alpha value is -1.01. The van der Waals surface area contributed by atoms with Crippen molar-refractivity contribution in [3.05, 3.63) is 0 Å². The normalized spacial score (nSPS) is 46.6. The number of Topliss-reactive ketones (excluding diaryl/α,β-unsaturated/α-hetero) is 1. The Morgan fingerprint density at radius 1 is 1.15 bits per heavy atom. The Morgan fingerprint density at radius 3 is 2.58 bits per heavy atom. The summed E-state index contributed by atoms with van der Waals surface area (Å²) < 4.78 is 18.0. The summed E-state index contributed by atoms with van der Waals surface area (Å²) in [6.07, 6.45) is 4.99. The van der Waals surface area contributed by atoms with E-state index in [9.17, 15) is 24.2 Å². The number of rotatable bonds is 6. The number of aliphatic hydroxyl groups excluding tert-OH is 2. The number of fused-ring (bicyclic) bond motifs is 5. The lowest BCUT2D eigenvalue weighted by atomic mass is 9.43. The Labute approximate surface area is 197 Å². The molecule has 5 nitrogen and oxygen atoms in total. The number of aliphatic hydroxyl groups is 2. The van der Waals surface area contributed by atoms with Crippen molar-refractivity contribution in [1.29, 1.82) is 0 Å². The maximum atomic E-state index is 13.8. The van der Waals surface area contributed by atoms with Crippen LogP contribution >= 0.6 is 0 Å². The summed E-state index contributed by atoms with van der Waals surface area (Å²) in [5.74, 6) is 0.988. The first-order valence-corrected chi connectivity index (χ1v) is 13.2. The van der Waals surface area contributed by atoms with E-state index in [1.807, 2.05) is 0 Å². The van der Waals surface area contributed by atoms with Crippen molar-refractivity contribution in [2.75, 3.05) is 6.61 Å². The van der Waals surface area contributed by atoms with Crippen LogP contribution in [0.5, 0.6) is 0 Å². The Bertz CT molecular complexity index is 755. The number of halogens is 1. The topological polar surface area (TPSA) is 83.8 Å². The van der Waals surface area contributed by atoms with Crippen LogP contribution in [0.1, 0.15) is 85.5 Å². The molecule has 2 N–H and O–H groups in total. The molecule has 4 rings (SSSR count). The molecule has 0 aromatic rings. The lowest BCUT2D eigenvalue weighted by molar-refractivity contribution is -0.181. The predicted octanol–water partition coefficient (Wildman–Crippen LogP) is 4.47. The van der Waals surface area contributed by atoms with Crippen molar-refractivity contribution in [2.45, 2.75) is 104 Å². The quantitative estimate of drug-likeness (QED) is 0.446. The van der Waals surface area contributed by atoms with Gasteiger partial charge < -0.3 is 14.9 Å². The molecule has 0 spiro atoms. The van der Waals surface area contributed by atoms with Crippen LogP contribution in [-0.2, 0) is 14.3 Å². The molecule has 0 bridgehead atoms. The van der Waals surface area contributed by atoms with Crippen molar-refractivity contribution in [1.82, 2.24) is 0 Å². The number of alkyl halides is 1. The first kappa shape index (κ1) is 25.1. The smallest absolute Gasteiger partial charge is 0.340 e. The Kier molecular flexibility index (Phi) is 7.01. The molecule has 0 aromatic carbocycles. The van der Waals surface area contributed by atoms with Gasteiger partial charge in [-0.25, -0.2) is 9.18 Å². The molecule has 11 atom stereocenters. The van der Waals surface area contributed by atoms with E-state index in [4.69, 9.17) is 4.74 Å². The maximum absolute atomic E-state index is 13.8. The number of esters is 1. The van der Waals surface area contributed by atoms with Crippen LogP contribution < -0.4 is 0 Å². The van der Waals surface area contributed by atoms with Crippen LogP contribution in [0.4, 0.5) is 4.39 Å². The molecule has 33 heavy (non-hydrogen) atoms. The van der Waals surface area contributed by atoms with Gasteiger partial charge in [0, 0.05) is 11.8 Å². The average Bonchev–Trinajstić information content (AvgIpc) is 3.11. The monoisotopic (exact) mass is 466 g/mol. The largest absolute Gasteiger partial charge is 0.464 e. The van der Waals surface area contributed by atoms with Crippen LogP contribution in [0, 0.1) is 46.3 Å². The molecule has 6 heteroatoms. The fourth-order valence-corrected chi connectivity index (χ4v) is 8.75. The minimum atomic E-state index is -1.60. The first-order chi connectivity index (χ1) is 15.5. The third-order valence-corrected chi connectivity index (χ3v) is 10.6. The van der Waals surface area contributed by atoms with Gasteiger partial charge in [-0.3, -0.25) is 4.79 Å². The Morgan fingerprint density at radius 2 is 1.88 bits per heavy atom. The molecule has 4 saturated carbocycles. The Balaban J connectivity index is 1.47. The van der Waals surface area contributed by atoms with Crippen molar-refractivity contribution in [3.63, 3.8) is 0 Å². The predicted molar refractivity (Wildman–Crippen MR) is 123 cm³/mol. The molecule has 0 aliphatic heterocycles. The molecule has 4 aliphatic carbocycles. The zero-order valence-electron chi connectivity index (χ0n) is 20.8. The SMILES string of the molecule is CC(F)C(=O)OCCCC(C)C1CCC2C3C(O)CC4CC(O)CCC4(C)C3CC(=O)C12C. The summed E-state index contributed by atoms with van der Waals surface area (Å²) in [4.78, 5) is 25.2. The highest BCUT2D eigenvalue weighted by atomic mass is 19.1. The summed E-state index contributed by atoms with van der Waals surface area (Å²) in [6.45, 7) is 8.06. The van der Waals surface area contributed by atoms with E-state index >= 15 is 0 Å². The third kappa shape index (κ3) is 4.17. The molecule has 0 radical (unpaired) electrons. The van der Waals surface area contributed by atoms with E-state index in [1.54, 1.807) is 0 Å². The van der Waals surface area contributed by atoms with Crippen LogP contribution in [0.2, 0.25) is 0 Å². The second-order valence-corrected chi connectivity index (χ2v) is 12.2. The summed E-state index contributed by atoms with van der Waals surface area (Å²) in [6, 6.07) is 0. The highest BCUT2D eigenvalue weighted by Crippen LogP contribution is 2.67. The highest BCUT2D eigenvalue weighted by Gasteiger charge is 2.65. The molecular weight excluding hydrogens is 423 g/mol. The van der Waals surface area contributed by atoms with Crippen LogP contribution in [0.3, 0.4) is 0 Å². The summed E-state index contributed by atoms with van der Waals surface area (Å²) in [7, 11) is 0. The standard InChI is InChI=1S/C27H43FO5/c1-15(6-5-11-33-25(32)16(2)28)19-7-8-20-24-21(14-23(31)27(19,20)4)26(3)10-9-18(29)12-17(26)13-22(24)30/h15-22,24,29-30H,5-14H2,1-4H3. The maximum Gasteiger partial charge on any atom is 0.340 e. The van der Waals surface area contributed by atoms with Gasteiger partial charge in [-0.15, -0.1) is 0 Å². The van der Waals surface area contributed by atoms with Crippen molar-refractivity contribution in [2.24, 2.45) is 46.3 Å². The lowest BCUT2D eigenvalue weighted by Crippen LogP contribution is -2.61. The molecule has 0 saturated heterocycles. The molecule has 188 valence electrons. The fraction of sp³-hybridized carbons (Fsp3) is 0.926. The average molecular weight is 467 g/mol. The van der Waals surface area contributed by atoms with E-state index in [-0.39, 0.29) is 41.8 Å². The van der Waals surface area contributed by atoms with Gasteiger partial charge in [0.25, 0.3) is 0 Å². The number of carbonyl (C=O) groups is 2. The zero-order valence-corrected chi connectivity index (χ0v) is 20.8. The summed E-state index contributed by atoms with van der Waals surface area (Å²) in [5.41, 5.74) is -0.385. The van der Waals surface area contributed by atoms with Crippen LogP contribution in [0.15, 0.2) is 0 Å². The molecule has 0 amide bonds. The molecule has 4 fully saturated rings. The number of ketones is 1. The van der Waals surface area contributed by atoms with Gasteiger partial charge in [-0.1, -0.05) is 20.8 Å². The van der Waals surface area contributed by atoms with Gasteiger partial charge in [0.05, 0.1) is 18.8 Å². The van der Waals surface area contributed by atoms with Crippen molar-refractivity contribution >= 4 is 11.8 Å². The van der Waals surface area contributed by atoms with Crippen molar-refractivity contribution < 1.29 is 28.9 Å². The number of ether oxygens (including phenoxy) is 1. The second kappa shape index (κ2) is 9.22. The fourth-order valence-electron chi connectivity index (χ4n) is 8.75. The van der Waals surface area contributed by atoms with Gasteiger partial charge >= 0.3 is 5.97 Å². The van der Waals surface area contributed by atoms with Gasteiger partial charge in [0.15, 0.2) is 6.17 Å². The number of carbonyl (C=O) groups excluding carboxylic acids is 2. The summed E-state index contributed by atoms with van der Waals surface area (Å²) >= 11 is 0. The number of hydrogen-bond acceptors (Lipinski definition) is 5. The molecular formula is C27H43FO5. The van der Waals surface area contributed by atoms with Gasteiger partial charge in [0.2, 0.25) is 0 Å². The minimum Gasteiger partial charge on any atom is -0.464 e. The van der Waals surface area contributed by atoms with Gasteiger partial charge in [-0.2, -0.15) is 0 Å². The van der Waals surface area contributed by atoms with Gasteiger partial charge in [0.1, 0.15) is 5.78 Å². The molecule has 0 aromatic heterocycles. The second-order valence-electron chi connectivity index (χ2n) is 12.2. The zero-order chi connectivity index (χ0) is 24.1. The molecule has 11 unspecified atom stereocenters. The first-order valence-electron chi connectivity index (χ1n) is 13.2. The molecule has 0 heterocycles. The van der Waals surface area contributed by atoms with Gasteiger partial charge in [-0.05, 0) is 99.2 Å². The number of hydrogen-bond donors (Lipinski definition) is 2. The van der Waals surface area contributed by atoms with E-state index in [0.29, 0.717) is 30.5 Å². The third-order valence-electron chi connectivity index (χ3n) is 10.6. The van der Waals surface area contributed by atoms with Crippen molar-refractivity contribution in [3.8, 4) is 0 Å². The van der Waals surface area contributed by atoms with E-state index in [1.165, 1.54) is 6.92 Å². The van der Waals surface area contributed by atoms with Crippen LogP contribution in [-0.4, -0.2) is 47.0 Å². The van der Waals surface area contributed by atoms with Crippen LogP contribution in [0.25, 0.3) is 0 Å². The lowest BCUT2D eigenvalue weighted by Gasteiger charge is -2.61. The highest BCUT2D eigenvalue weighted by molar-refractivity contribution is 5.87. The summed E-state index contributed by atoms with van der Waals surface area (Å²) in [5, 5.41) is 21.5. The van der Waals surface area contributed by atoms with E-state index < -0.39 is 23.7 Å².